The number of carbonyl (C=O) groups is 1. The van der Waals surface area contributed by atoms with Crippen LogP contribution in [0, 0.1) is 0 Å². The average molecular weight is 229 g/mol. The van der Waals surface area contributed by atoms with E-state index in [0.29, 0.717) is 10.6 Å². The van der Waals surface area contributed by atoms with E-state index >= 15 is 0 Å². The second kappa shape index (κ2) is 5.00. The van der Waals surface area contributed by atoms with Crippen LogP contribution in [0.5, 0.6) is 0 Å². The highest BCUT2D eigenvalue weighted by Gasteiger charge is 2.14. The zero-order valence-electron chi connectivity index (χ0n) is 8.87. The fraction of sp³-hybridized carbons (Fsp3) is 0.300. The lowest BCUT2D eigenvalue weighted by molar-refractivity contribution is -0.0756. The molecule has 0 aliphatic heterocycles. The molecule has 1 rings (SSSR count). The lowest BCUT2D eigenvalue weighted by Crippen LogP contribution is -2.25. The number of halogens is 1. The topological polar surface area (TPSA) is 41.6 Å². The lowest BCUT2D eigenvalue weighted by atomic mass is 10.2. The van der Waals surface area contributed by atoms with E-state index in [0.717, 1.165) is 10.8 Å². The molecule has 0 aliphatic rings. The molecule has 1 aromatic rings. The number of hydrogen-bond acceptors (Lipinski definition) is 3. The fourth-order valence-electron chi connectivity index (χ4n) is 1.10. The molecule has 0 spiro atoms. The number of benzene rings is 1. The Morgan fingerprint density at radius 2 is 2.20 bits per heavy atom. The highest BCUT2D eigenvalue weighted by molar-refractivity contribution is 6.34. The Balaban J connectivity index is 3.00. The van der Waals surface area contributed by atoms with Gasteiger partial charge in [-0.3, -0.25) is 9.63 Å². The van der Waals surface area contributed by atoms with Gasteiger partial charge in [-0.05, 0) is 18.2 Å². The van der Waals surface area contributed by atoms with Crippen molar-refractivity contribution < 1.29 is 9.63 Å². The molecule has 0 heterocycles. The first-order chi connectivity index (χ1) is 7.10. The van der Waals surface area contributed by atoms with Crippen molar-refractivity contribution in [1.29, 1.82) is 0 Å². The molecule has 0 aromatic heterocycles. The van der Waals surface area contributed by atoms with Gasteiger partial charge in [0, 0.05) is 19.8 Å². The Labute approximate surface area is 93.7 Å². The third kappa shape index (κ3) is 2.61. The van der Waals surface area contributed by atoms with E-state index in [1.165, 1.54) is 14.2 Å². The van der Waals surface area contributed by atoms with Crippen LogP contribution in [0.4, 0.5) is 5.69 Å². The van der Waals surface area contributed by atoms with E-state index < -0.39 is 0 Å². The van der Waals surface area contributed by atoms with Crippen LogP contribution in [0.15, 0.2) is 18.2 Å². The van der Waals surface area contributed by atoms with Crippen molar-refractivity contribution in [3.63, 3.8) is 0 Å². The van der Waals surface area contributed by atoms with E-state index in [2.05, 4.69) is 5.32 Å². The van der Waals surface area contributed by atoms with Gasteiger partial charge in [-0.25, -0.2) is 5.06 Å². The Kier molecular flexibility index (Phi) is 3.94. The number of hydrogen-bond donors (Lipinski definition) is 1. The summed E-state index contributed by atoms with van der Waals surface area (Å²) in [6.45, 7) is 0. The molecule has 1 aromatic carbocycles. The normalized spacial score (nSPS) is 9.87. The van der Waals surface area contributed by atoms with Crippen molar-refractivity contribution in [2.45, 2.75) is 0 Å². The van der Waals surface area contributed by atoms with Gasteiger partial charge in [0.05, 0.1) is 17.7 Å². The van der Waals surface area contributed by atoms with Gasteiger partial charge in [0.15, 0.2) is 0 Å². The maximum absolute atomic E-state index is 11.7. The van der Waals surface area contributed by atoms with Crippen LogP contribution in [-0.4, -0.2) is 32.2 Å². The molecule has 0 unspecified atom stereocenters. The molecule has 4 nitrogen and oxygen atoms in total. The summed E-state index contributed by atoms with van der Waals surface area (Å²) in [4.78, 5) is 16.5. The van der Waals surface area contributed by atoms with Crippen molar-refractivity contribution in [3.05, 3.63) is 28.8 Å². The summed E-state index contributed by atoms with van der Waals surface area (Å²) in [5, 5.41) is 4.46. The molecule has 0 saturated heterocycles. The largest absolute Gasteiger partial charge is 0.388 e. The SMILES string of the molecule is CNc1ccc(C(=O)N(C)OC)c(Cl)c1. The van der Waals surface area contributed by atoms with E-state index in [-0.39, 0.29) is 5.91 Å². The molecule has 0 atom stereocenters. The number of rotatable bonds is 3. The third-order valence-corrected chi connectivity index (χ3v) is 2.36. The first-order valence-electron chi connectivity index (χ1n) is 4.39. The second-order valence-corrected chi connectivity index (χ2v) is 3.34. The Bertz CT molecular complexity index is 368. The van der Waals surface area contributed by atoms with Crippen LogP contribution < -0.4 is 5.32 Å². The minimum absolute atomic E-state index is 0.273. The smallest absolute Gasteiger partial charge is 0.278 e. The molecule has 0 bridgehead atoms. The summed E-state index contributed by atoms with van der Waals surface area (Å²) in [5.74, 6) is -0.273. The highest BCUT2D eigenvalue weighted by Crippen LogP contribution is 2.21. The fourth-order valence-corrected chi connectivity index (χ4v) is 1.36. The molecule has 1 amide bonds. The van der Waals surface area contributed by atoms with Gasteiger partial charge in [0.2, 0.25) is 0 Å². The van der Waals surface area contributed by atoms with Gasteiger partial charge in [-0.2, -0.15) is 0 Å². The van der Waals surface area contributed by atoms with E-state index in [4.69, 9.17) is 16.4 Å². The van der Waals surface area contributed by atoms with Gasteiger partial charge in [-0.15, -0.1) is 0 Å². The predicted molar refractivity (Wildman–Crippen MR) is 60.1 cm³/mol. The van der Waals surface area contributed by atoms with Crippen molar-refractivity contribution in [2.24, 2.45) is 0 Å². The third-order valence-electron chi connectivity index (χ3n) is 2.05. The lowest BCUT2D eigenvalue weighted by Gasteiger charge is -2.14. The summed E-state index contributed by atoms with van der Waals surface area (Å²) in [7, 11) is 4.74. The van der Waals surface area contributed by atoms with E-state index in [9.17, 15) is 4.79 Å². The summed E-state index contributed by atoms with van der Waals surface area (Å²) in [6, 6.07) is 5.13. The van der Waals surface area contributed by atoms with E-state index in [1.54, 1.807) is 25.2 Å². The Morgan fingerprint density at radius 3 is 2.67 bits per heavy atom. The van der Waals surface area contributed by atoms with Gasteiger partial charge < -0.3 is 5.32 Å². The van der Waals surface area contributed by atoms with Crippen molar-refractivity contribution in [2.75, 3.05) is 26.5 Å². The van der Waals surface area contributed by atoms with E-state index in [1.807, 2.05) is 0 Å². The molecule has 0 fully saturated rings. The van der Waals surface area contributed by atoms with Crippen LogP contribution >= 0.6 is 11.6 Å². The number of nitrogens with one attached hydrogen (secondary N) is 1. The van der Waals surface area contributed by atoms with Gasteiger partial charge in [0.1, 0.15) is 0 Å². The zero-order chi connectivity index (χ0) is 11.4. The van der Waals surface area contributed by atoms with Gasteiger partial charge >= 0.3 is 0 Å². The molecule has 0 saturated carbocycles. The maximum atomic E-state index is 11.7. The predicted octanol–water partition coefficient (Wildman–Crippen LogP) is 2.02. The van der Waals surface area contributed by atoms with Crippen LogP contribution in [0.1, 0.15) is 10.4 Å². The average Bonchev–Trinajstić information content (AvgIpc) is 2.26. The Hall–Kier alpha value is -1.26. The molecule has 82 valence electrons. The minimum atomic E-state index is -0.273. The van der Waals surface area contributed by atoms with Gasteiger partial charge in [-0.1, -0.05) is 11.6 Å². The van der Waals surface area contributed by atoms with Crippen LogP contribution in [-0.2, 0) is 4.84 Å². The molecular formula is C10H13ClN2O2. The molecule has 0 radical (unpaired) electrons. The molecular weight excluding hydrogens is 216 g/mol. The standard InChI is InChI=1S/C10H13ClN2O2/c1-12-7-4-5-8(9(11)6-7)10(14)13(2)15-3/h4-6,12H,1-3H3. The van der Waals surface area contributed by atoms with Crippen LogP contribution in [0.25, 0.3) is 0 Å². The second-order valence-electron chi connectivity index (χ2n) is 2.93. The molecule has 0 aliphatic carbocycles. The first-order valence-corrected chi connectivity index (χ1v) is 4.77. The maximum Gasteiger partial charge on any atom is 0.278 e. The number of anilines is 1. The Morgan fingerprint density at radius 1 is 1.53 bits per heavy atom. The summed E-state index contributed by atoms with van der Waals surface area (Å²) >= 11 is 5.96. The molecule has 1 N–H and O–H groups in total. The van der Waals surface area contributed by atoms with Crippen molar-refractivity contribution >= 4 is 23.2 Å². The first kappa shape index (κ1) is 11.8. The van der Waals surface area contributed by atoms with Crippen molar-refractivity contribution in [1.82, 2.24) is 5.06 Å². The van der Waals surface area contributed by atoms with Gasteiger partial charge in [0.25, 0.3) is 5.91 Å². The minimum Gasteiger partial charge on any atom is -0.388 e. The molecule has 5 heteroatoms. The monoisotopic (exact) mass is 228 g/mol. The zero-order valence-corrected chi connectivity index (χ0v) is 9.63. The number of carbonyl (C=O) groups excluding carboxylic acids is 1. The summed E-state index contributed by atoms with van der Waals surface area (Å²) in [6.07, 6.45) is 0. The number of nitrogens with zero attached hydrogens (tertiary/aromatic N) is 1. The van der Waals surface area contributed by atoms with Crippen molar-refractivity contribution in [3.8, 4) is 0 Å². The number of amides is 1. The molecule has 15 heavy (non-hydrogen) atoms. The quantitative estimate of drug-likeness (QED) is 0.805. The summed E-state index contributed by atoms with van der Waals surface area (Å²) in [5.41, 5.74) is 1.27. The van der Waals surface area contributed by atoms with Crippen LogP contribution in [0.3, 0.4) is 0 Å². The number of hydroxylamine groups is 2. The van der Waals surface area contributed by atoms with Crippen LogP contribution in [0.2, 0.25) is 5.02 Å². The summed E-state index contributed by atoms with van der Waals surface area (Å²) < 4.78 is 0. The highest BCUT2D eigenvalue weighted by atomic mass is 35.5.